The van der Waals surface area contributed by atoms with Crippen molar-refractivity contribution in [3.8, 4) is 45.3 Å². The molecule has 11 aromatic rings. The number of ether oxygens (including phenoxy) is 2. The van der Waals surface area contributed by atoms with Crippen molar-refractivity contribution in [1.82, 2.24) is 4.90 Å². The van der Waals surface area contributed by atoms with Gasteiger partial charge in [-0.1, -0.05) is 204 Å². The summed E-state index contributed by atoms with van der Waals surface area (Å²) in [5, 5.41) is 0. The van der Waals surface area contributed by atoms with Crippen molar-refractivity contribution in [3.05, 3.63) is 333 Å². The predicted octanol–water partition coefficient (Wildman–Crippen LogP) is 18.9. The van der Waals surface area contributed by atoms with Crippen molar-refractivity contribution in [2.75, 3.05) is 9.80 Å². The molecule has 6 amide bonds. The number of anilines is 2. The van der Waals surface area contributed by atoms with E-state index in [0.717, 1.165) is 72.3 Å². The lowest BCUT2D eigenvalue weighted by Gasteiger charge is -2.51. The highest BCUT2D eigenvalue weighted by molar-refractivity contribution is 6.34. The van der Waals surface area contributed by atoms with Crippen LogP contribution in [0.1, 0.15) is 159 Å². The summed E-state index contributed by atoms with van der Waals surface area (Å²) in [5.41, 5.74) is 12.2. The van der Waals surface area contributed by atoms with Crippen LogP contribution in [0.2, 0.25) is 0 Å². The van der Waals surface area contributed by atoms with Crippen molar-refractivity contribution in [3.63, 3.8) is 0 Å². The quantitative estimate of drug-likeness (QED) is 0.0928. The number of carbonyl (C=O) groups is 6. The van der Waals surface area contributed by atoms with Gasteiger partial charge in [-0.2, -0.15) is 0 Å². The molecule has 1 saturated heterocycles. The summed E-state index contributed by atoms with van der Waals surface area (Å²) in [6.45, 7) is 14.0. The van der Waals surface area contributed by atoms with Gasteiger partial charge in [0.05, 0.1) is 49.9 Å². The zero-order chi connectivity index (χ0) is 68.5. The highest BCUT2D eigenvalue weighted by Gasteiger charge is 2.58. The molecule has 3 heterocycles. The zero-order valence-electron chi connectivity index (χ0n) is 56.1. The maximum atomic E-state index is 14.9. The van der Waals surface area contributed by atoms with Gasteiger partial charge in [-0.05, 0) is 197 Å². The van der Waals surface area contributed by atoms with E-state index in [2.05, 4.69) is 159 Å². The smallest absolute Gasteiger partial charge is 0.266 e. The summed E-state index contributed by atoms with van der Waals surface area (Å²) in [6.07, 6.45) is 1.68. The van der Waals surface area contributed by atoms with Gasteiger partial charge in [0, 0.05) is 16.9 Å². The van der Waals surface area contributed by atoms with Crippen LogP contribution in [-0.4, -0.2) is 45.9 Å². The molecule has 0 spiro atoms. The van der Waals surface area contributed by atoms with E-state index >= 15 is 0 Å². The van der Waals surface area contributed by atoms with Gasteiger partial charge in [-0.25, -0.2) is 9.80 Å². The Balaban J connectivity index is 0.682. The Morgan fingerprint density at radius 2 is 0.747 bits per heavy atom. The summed E-state index contributed by atoms with van der Waals surface area (Å²) >= 11 is 0. The van der Waals surface area contributed by atoms with E-state index in [1.54, 1.807) is 36.4 Å². The average molecular weight is 1300 g/mol. The number of fused-ring (bicyclic) bond motifs is 8. The Morgan fingerprint density at radius 3 is 1.19 bits per heavy atom. The first-order valence-corrected chi connectivity index (χ1v) is 34.0. The SMILES string of the molecule is CCC(C)(C)N1C(=O)c2ccc(Oc3ccc(C4(c5ccc(Oc6ccc7c(c6)C(=O)N(c6ccc(C8(c9ccc(C(C)(CC)C%10(C)CC(C)C(=O)N(c%11ccccc%11)C%10=O)cc9)c9ccccc9-c9ccccc98)cc6)C7=O)cc5)c5ccccc5-c5ccccc54)cc3)cc2C1=O. The second-order valence-corrected chi connectivity index (χ2v) is 28.0. The number of hydrogen-bond acceptors (Lipinski definition) is 8. The van der Waals surface area contributed by atoms with Gasteiger partial charge in [0.1, 0.15) is 23.0 Å². The maximum absolute atomic E-state index is 14.9. The number of hydrogen-bond donors (Lipinski definition) is 0. The standard InChI is InChI=1S/C88H71N3O8/c1-8-84(4,5)91-81(95)71-50-48-65(52-73(71)82(91)96)99-63-45-39-59(40-46-63)88(76-29-19-15-25-68(76)69-26-16-20-30-77(69)88)58-37-43-62(44-38-58)98-64-47-49-70-72(51-64)80(94)89(79(70)93)61-41-35-57(36-42-61)87(74-27-17-13-23-66(74)67-24-14-18-28-75(67)87)56-33-31-55(32-34-56)85(6,9-2)86(7)53-54(3)78(92)90(83(86)97)60-21-11-10-12-22-60/h10-52,54H,8-9,53H2,1-7H3. The fourth-order valence-electron chi connectivity index (χ4n) is 16.9. The predicted molar refractivity (Wildman–Crippen MR) is 385 cm³/mol. The first kappa shape index (κ1) is 62.3. The molecule has 16 rings (SSSR count). The summed E-state index contributed by atoms with van der Waals surface area (Å²) in [5.74, 6) is -0.337. The van der Waals surface area contributed by atoms with E-state index in [1.807, 2.05) is 113 Å². The molecule has 5 aliphatic rings. The van der Waals surface area contributed by atoms with Gasteiger partial charge < -0.3 is 9.47 Å². The van der Waals surface area contributed by atoms with Gasteiger partial charge in [0.25, 0.3) is 23.6 Å². The van der Waals surface area contributed by atoms with Gasteiger partial charge >= 0.3 is 0 Å². The molecular weight excluding hydrogens is 1230 g/mol. The van der Waals surface area contributed by atoms with E-state index in [4.69, 9.17) is 9.47 Å². The maximum Gasteiger partial charge on any atom is 0.266 e. The molecule has 1 fully saturated rings. The molecule has 2 aliphatic carbocycles. The summed E-state index contributed by atoms with van der Waals surface area (Å²) in [7, 11) is 0. The molecule has 3 atom stereocenters. The number of carbonyl (C=O) groups excluding carboxylic acids is 6. The topological polar surface area (TPSA) is 131 Å². The molecule has 0 saturated carbocycles. The van der Waals surface area contributed by atoms with Gasteiger partial charge in [-0.15, -0.1) is 0 Å². The average Bonchev–Trinajstić information content (AvgIpc) is 1.60. The minimum atomic E-state index is -0.922. The minimum absolute atomic E-state index is 0.188. The first-order chi connectivity index (χ1) is 47.9. The number of nitrogens with zero attached hydrogens (tertiary/aromatic N) is 3. The Labute approximate surface area is 575 Å². The molecule has 99 heavy (non-hydrogen) atoms. The lowest BCUT2D eigenvalue weighted by molar-refractivity contribution is -0.143. The van der Waals surface area contributed by atoms with E-state index in [9.17, 15) is 28.8 Å². The van der Waals surface area contributed by atoms with Crippen LogP contribution in [0.4, 0.5) is 11.4 Å². The second-order valence-electron chi connectivity index (χ2n) is 28.0. The van der Waals surface area contributed by atoms with E-state index < -0.39 is 39.0 Å². The third-order valence-corrected chi connectivity index (χ3v) is 22.6. The molecule has 0 aromatic heterocycles. The highest BCUT2D eigenvalue weighted by Crippen LogP contribution is 2.60. The van der Waals surface area contributed by atoms with Gasteiger partial charge in [0.15, 0.2) is 0 Å². The number of piperidine rings is 1. The van der Waals surface area contributed by atoms with Crippen LogP contribution in [-0.2, 0) is 25.8 Å². The van der Waals surface area contributed by atoms with Crippen molar-refractivity contribution < 1.29 is 38.2 Å². The van der Waals surface area contributed by atoms with Crippen LogP contribution in [0.5, 0.6) is 23.0 Å². The Kier molecular flexibility index (Phi) is 14.5. The molecule has 0 bridgehead atoms. The molecule has 3 unspecified atom stereocenters. The third kappa shape index (κ3) is 9.09. The van der Waals surface area contributed by atoms with Crippen LogP contribution in [0, 0.1) is 11.3 Å². The molecule has 486 valence electrons. The number of para-hydroxylation sites is 1. The van der Waals surface area contributed by atoms with Crippen LogP contribution < -0.4 is 19.3 Å². The van der Waals surface area contributed by atoms with E-state index in [0.29, 0.717) is 64.8 Å². The van der Waals surface area contributed by atoms with Crippen LogP contribution in [0.15, 0.2) is 261 Å². The Bertz CT molecular complexity index is 5100. The normalized spacial score (nSPS) is 18.3. The number of amides is 6. The molecule has 11 nitrogen and oxygen atoms in total. The summed E-state index contributed by atoms with van der Waals surface area (Å²) in [4.78, 5) is 89.1. The minimum Gasteiger partial charge on any atom is -0.457 e. The van der Waals surface area contributed by atoms with E-state index in [-0.39, 0.29) is 40.7 Å². The third-order valence-electron chi connectivity index (χ3n) is 22.6. The molecule has 0 N–H and O–H groups in total. The van der Waals surface area contributed by atoms with Crippen molar-refractivity contribution in [2.24, 2.45) is 11.3 Å². The fourth-order valence-corrected chi connectivity index (χ4v) is 16.9. The van der Waals surface area contributed by atoms with Gasteiger partial charge in [0.2, 0.25) is 11.8 Å². The van der Waals surface area contributed by atoms with Crippen molar-refractivity contribution in [2.45, 2.75) is 89.5 Å². The summed E-state index contributed by atoms with van der Waals surface area (Å²) < 4.78 is 13.0. The Hall–Kier alpha value is -11.6. The van der Waals surface area contributed by atoms with Crippen LogP contribution >= 0.6 is 0 Å². The van der Waals surface area contributed by atoms with Crippen molar-refractivity contribution in [1.29, 1.82) is 0 Å². The monoisotopic (exact) mass is 1300 g/mol. The summed E-state index contributed by atoms with van der Waals surface area (Å²) in [6, 6.07) is 85.8. The largest absolute Gasteiger partial charge is 0.457 e. The molecule has 3 aliphatic heterocycles. The van der Waals surface area contributed by atoms with Crippen LogP contribution in [0.3, 0.4) is 0 Å². The lowest BCUT2D eigenvalue weighted by atomic mass is 9.55. The molecular formula is C88H71N3O8. The van der Waals surface area contributed by atoms with Crippen molar-refractivity contribution >= 4 is 46.8 Å². The van der Waals surface area contributed by atoms with E-state index in [1.165, 1.54) is 14.7 Å². The second kappa shape index (κ2) is 23.1. The zero-order valence-corrected chi connectivity index (χ0v) is 56.1. The van der Waals surface area contributed by atoms with Gasteiger partial charge in [-0.3, -0.25) is 33.7 Å². The van der Waals surface area contributed by atoms with Crippen LogP contribution in [0.25, 0.3) is 22.3 Å². The molecule has 11 heteroatoms. The number of imide groups is 3. The molecule has 0 radical (unpaired) electrons. The molecule has 11 aromatic carbocycles. The highest BCUT2D eigenvalue weighted by atomic mass is 16.5. The first-order valence-electron chi connectivity index (χ1n) is 34.0. The fraction of sp³-hybridized carbons (Fsp3) is 0.182. The number of rotatable bonds is 15. The Morgan fingerprint density at radius 1 is 0.384 bits per heavy atom. The number of benzene rings is 11. The lowest BCUT2D eigenvalue weighted by Crippen LogP contribution is -2.60.